The number of H-pyrrole nitrogens is 1. The van der Waals surface area contributed by atoms with E-state index in [1.54, 1.807) is 6.20 Å². The predicted octanol–water partition coefficient (Wildman–Crippen LogP) is 2.61. The van der Waals surface area contributed by atoms with Crippen molar-refractivity contribution >= 4 is 11.0 Å². The average Bonchev–Trinajstić information content (AvgIpc) is 2.73. The van der Waals surface area contributed by atoms with Crippen LogP contribution in [0.1, 0.15) is 12.0 Å². The van der Waals surface area contributed by atoms with Crippen LogP contribution >= 0.6 is 0 Å². The minimum Gasteiger partial charge on any atom is -0.345 e. The molecule has 0 aromatic carbocycles. The molecule has 0 aliphatic carbocycles. The topological polar surface area (TPSA) is 77.4 Å². The van der Waals surface area contributed by atoms with E-state index in [0.717, 1.165) is 16.6 Å². The molecule has 2 aromatic rings. The fourth-order valence-corrected chi connectivity index (χ4v) is 1.37. The van der Waals surface area contributed by atoms with E-state index in [1.165, 1.54) is 0 Å². The Labute approximate surface area is 92.1 Å². The Hall–Kier alpha value is -2.44. The third kappa shape index (κ3) is 2.14. The highest BCUT2D eigenvalue weighted by molar-refractivity contribution is 5.82. The van der Waals surface area contributed by atoms with Crippen molar-refractivity contribution in [2.24, 2.45) is 5.11 Å². The molecule has 16 heavy (non-hydrogen) atoms. The monoisotopic (exact) mass is 211 g/mol. The second-order valence-electron chi connectivity index (χ2n) is 3.11. The summed E-state index contributed by atoms with van der Waals surface area (Å²) in [6.45, 7) is 0.407. The molecule has 0 unspecified atom stereocenters. The lowest BCUT2D eigenvalue weighted by Crippen LogP contribution is -1.75. The van der Waals surface area contributed by atoms with Gasteiger partial charge in [-0.3, -0.25) is 0 Å². The van der Waals surface area contributed by atoms with Gasteiger partial charge in [0.2, 0.25) is 0 Å². The van der Waals surface area contributed by atoms with Gasteiger partial charge in [0.1, 0.15) is 5.65 Å². The van der Waals surface area contributed by atoms with E-state index in [1.807, 2.05) is 18.3 Å². The summed E-state index contributed by atoms with van der Waals surface area (Å²) in [4.78, 5) is 9.88. The summed E-state index contributed by atoms with van der Waals surface area (Å²) >= 11 is 0. The van der Waals surface area contributed by atoms with Crippen molar-refractivity contribution in [2.45, 2.75) is 6.42 Å². The smallest absolute Gasteiger partial charge is 0.138 e. The number of azide groups is 1. The van der Waals surface area contributed by atoms with Crippen LogP contribution in [0.3, 0.4) is 0 Å². The molecule has 0 amide bonds. The lowest BCUT2D eigenvalue weighted by molar-refractivity contribution is 1.01. The lowest BCUT2D eigenvalue weighted by Gasteiger charge is -1.87. The maximum absolute atomic E-state index is 8.09. The second kappa shape index (κ2) is 4.87. The van der Waals surface area contributed by atoms with Crippen LogP contribution < -0.4 is 0 Å². The Balaban J connectivity index is 2.18. The van der Waals surface area contributed by atoms with Gasteiger partial charge in [-0.05, 0) is 17.7 Å². The van der Waals surface area contributed by atoms with Gasteiger partial charge in [-0.1, -0.05) is 17.0 Å². The number of rotatable bonds is 2. The zero-order chi connectivity index (χ0) is 11.2. The zero-order valence-corrected chi connectivity index (χ0v) is 8.51. The molecule has 2 heterocycles. The fourth-order valence-electron chi connectivity index (χ4n) is 1.37. The largest absolute Gasteiger partial charge is 0.345 e. The van der Waals surface area contributed by atoms with Crippen molar-refractivity contribution < 1.29 is 0 Å². The SMILES string of the molecule is [N-]=[N+]=NCCC#Cc1c[nH]c2ncccc12. The van der Waals surface area contributed by atoms with Crippen molar-refractivity contribution in [3.8, 4) is 11.8 Å². The van der Waals surface area contributed by atoms with Crippen LogP contribution in [0.25, 0.3) is 21.5 Å². The summed E-state index contributed by atoms with van der Waals surface area (Å²) in [5, 5.41) is 4.42. The molecule has 0 fully saturated rings. The highest BCUT2D eigenvalue weighted by Crippen LogP contribution is 2.13. The highest BCUT2D eigenvalue weighted by Gasteiger charge is 1.99. The van der Waals surface area contributed by atoms with Gasteiger partial charge in [0.25, 0.3) is 0 Å². The minimum absolute atomic E-state index is 0.407. The molecule has 78 valence electrons. The molecule has 1 N–H and O–H groups in total. The normalized spacial score (nSPS) is 9.25. The third-order valence-corrected chi connectivity index (χ3v) is 2.07. The number of hydrogen-bond acceptors (Lipinski definition) is 2. The van der Waals surface area contributed by atoms with Crippen LogP contribution in [-0.4, -0.2) is 16.5 Å². The van der Waals surface area contributed by atoms with E-state index in [9.17, 15) is 0 Å². The summed E-state index contributed by atoms with van der Waals surface area (Å²) in [7, 11) is 0. The van der Waals surface area contributed by atoms with Gasteiger partial charge in [0, 0.05) is 35.7 Å². The molecule has 0 atom stereocenters. The van der Waals surface area contributed by atoms with E-state index < -0.39 is 0 Å². The lowest BCUT2D eigenvalue weighted by atomic mass is 10.2. The summed E-state index contributed by atoms with van der Waals surface area (Å²) < 4.78 is 0. The molecule has 0 saturated heterocycles. The van der Waals surface area contributed by atoms with Gasteiger partial charge in [-0.25, -0.2) is 4.98 Å². The van der Waals surface area contributed by atoms with Crippen LogP contribution in [0, 0.1) is 11.8 Å². The molecule has 0 saturated carbocycles. The van der Waals surface area contributed by atoms with Crippen LogP contribution in [0.15, 0.2) is 29.6 Å². The number of fused-ring (bicyclic) bond motifs is 1. The van der Waals surface area contributed by atoms with E-state index in [-0.39, 0.29) is 0 Å². The number of nitrogens with zero attached hydrogens (tertiary/aromatic N) is 4. The van der Waals surface area contributed by atoms with Crippen LogP contribution in [0.4, 0.5) is 0 Å². The van der Waals surface area contributed by atoms with Crippen molar-refractivity contribution in [3.63, 3.8) is 0 Å². The fraction of sp³-hybridized carbons (Fsp3) is 0.182. The molecule has 0 radical (unpaired) electrons. The first kappa shape index (κ1) is 10.1. The molecule has 0 bridgehead atoms. The molecule has 2 rings (SSSR count). The molecule has 0 spiro atoms. The van der Waals surface area contributed by atoms with Gasteiger partial charge in [-0.15, -0.1) is 0 Å². The van der Waals surface area contributed by atoms with E-state index in [2.05, 4.69) is 31.8 Å². The van der Waals surface area contributed by atoms with Gasteiger partial charge in [-0.2, -0.15) is 0 Å². The first-order chi connectivity index (χ1) is 7.92. The summed E-state index contributed by atoms with van der Waals surface area (Å²) in [5.41, 5.74) is 9.84. The molecule has 0 aliphatic rings. The third-order valence-electron chi connectivity index (χ3n) is 2.07. The number of aromatic amines is 1. The van der Waals surface area contributed by atoms with E-state index >= 15 is 0 Å². The van der Waals surface area contributed by atoms with Crippen molar-refractivity contribution in [1.29, 1.82) is 0 Å². The van der Waals surface area contributed by atoms with E-state index in [4.69, 9.17) is 5.53 Å². The molecule has 0 aliphatic heterocycles. The minimum atomic E-state index is 0.407. The highest BCUT2D eigenvalue weighted by atomic mass is 15.1. The Bertz CT molecular complexity index is 595. The molecular weight excluding hydrogens is 202 g/mol. The van der Waals surface area contributed by atoms with Gasteiger partial charge in [0.05, 0.1) is 5.56 Å². The first-order valence-electron chi connectivity index (χ1n) is 4.83. The van der Waals surface area contributed by atoms with Gasteiger partial charge >= 0.3 is 0 Å². The zero-order valence-electron chi connectivity index (χ0n) is 8.51. The maximum Gasteiger partial charge on any atom is 0.138 e. The average molecular weight is 211 g/mol. The number of hydrogen-bond donors (Lipinski definition) is 1. The van der Waals surface area contributed by atoms with Crippen LogP contribution in [-0.2, 0) is 0 Å². The summed E-state index contributed by atoms with van der Waals surface area (Å²) in [6, 6.07) is 3.84. The van der Waals surface area contributed by atoms with Crippen molar-refractivity contribution in [1.82, 2.24) is 9.97 Å². The van der Waals surface area contributed by atoms with E-state index in [0.29, 0.717) is 13.0 Å². The van der Waals surface area contributed by atoms with Crippen LogP contribution in [0.2, 0.25) is 0 Å². The first-order valence-corrected chi connectivity index (χ1v) is 4.83. The predicted molar refractivity (Wildman–Crippen MR) is 61.6 cm³/mol. The number of nitrogens with one attached hydrogen (secondary N) is 1. The van der Waals surface area contributed by atoms with Crippen molar-refractivity contribution in [2.75, 3.05) is 6.54 Å². The molecule has 5 nitrogen and oxygen atoms in total. The Kier molecular flexibility index (Phi) is 3.07. The van der Waals surface area contributed by atoms with Crippen LogP contribution in [0.5, 0.6) is 0 Å². The molecular formula is C11H9N5. The van der Waals surface area contributed by atoms with Gasteiger partial charge in [0.15, 0.2) is 0 Å². The quantitative estimate of drug-likeness (QED) is 0.268. The summed E-state index contributed by atoms with van der Waals surface area (Å²) in [5.74, 6) is 5.97. The summed E-state index contributed by atoms with van der Waals surface area (Å²) in [6.07, 6.45) is 4.13. The molecule has 5 heteroatoms. The number of pyridine rings is 1. The van der Waals surface area contributed by atoms with Gasteiger partial charge < -0.3 is 4.98 Å². The Morgan fingerprint density at radius 2 is 2.50 bits per heavy atom. The van der Waals surface area contributed by atoms with Crippen molar-refractivity contribution in [3.05, 3.63) is 40.5 Å². The standard InChI is InChI=1S/C11H9N5/c12-16-15-7-2-1-4-9-8-14-11-10(9)5-3-6-13-11/h3,5-6,8H,2,7H2,(H,13,14). The Morgan fingerprint density at radius 1 is 1.56 bits per heavy atom. The maximum atomic E-state index is 8.09. The number of aromatic nitrogens is 2. The molecule has 2 aromatic heterocycles. The second-order valence-corrected chi connectivity index (χ2v) is 3.11. The Morgan fingerprint density at radius 3 is 3.38 bits per heavy atom.